The van der Waals surface area contributed by atoms with Gasteiger partial charge in [-0.3, -0.25) is 0 Å². The highest BCUT2D eigenvalue weighted by Crippen LogP contribution is 2.45. The zero-order valence-electron chi connectivity index (χ0n) is 13.4. The third kappa shape index (κ3) is 2.21. The average Bonchev–Trinajstić information content (AvgIpc) is 3.49. The zero-order valence-corrected chi connectivity index (χ0v) is 14.3. The molecule has 5 heterocycles. The summed E-state index contributed by atoms with van der Waals surface area (Å²) in [5.41, 5.74) is 1.86. The van der Waals surface area contributed by atoms with Crippen LogP contribution in [-0.4, -0.2) is 16.4 Å². The molecule has 0 radical (unpaired) electrons. The number of ether oxygens (including phenoxy) is 1. The van der Waals surface area contributed by atoms with Crippen molar-refractivity contribution in [2.45, 2.75) is 12.3 Å². The molecule has 0 spiro atoms. The Morgan fingerprint density at radius 2 is 2.16 bits per heavy atom. The van der Waals surface area contributed by atoms with E-state index in [1.165, 1.54) is 0 Å². The summed E-state index contributed by atoms with van der Waals surface area (Å²) < 4.78 is 12.2. The van der Waals surface area contributed by atoms with Crippen LogP contribution in [0.15, 0.2) is 70.9 Å². The lowest BCUT2D eigenvalue weighted by atomic mass is 10.2. The molecule has 3 aromatic rings. The SMILES string of the molecule is C1=CN(C2(c3cccs3)NC(c3ccc[nH]3)=C(c3ccco3)O2)CC1. The van der Waals surface area contributed by atoms with E-state index in [-0.39, 0.29) is 0 Å². The van der Waals surface area contributed by atoms with E-state index in [2.05, 4.69) is 38.9 Å². The Balaban J connectivity index is 1.65. The van der Waals surface area contributed by atoms with Crippen molar-refractivity contribution in [3.05, 3.63) is 82.8 Å². The zero-order chi connectivity index (χ0) is 16.7. The lowest BCUT2D eigenvalue weighted by Crippen LogP contribution is -2.50. The van der Waals surface area contributed by atoms with Crippen LogP contribution in [0.3, 0.4) is 0 Å². The van der Waals surface area contributed by atoms with Gasteiger partial charge in [-0.1, -0.05) is 12.1 Å². The normalized spacial score (nSPS) is 22.5. The fourth-order valence-electron chi connectivity index (χ4n) is 3.31. The molecule has 0 saturated carbocycles. The minimum atomic E-state index is -0.760. The maximum Gasteiger partial charge on any atom is 0.299 e. The van der Waals surface area contributed by atoms with Gasteiger partial charge >= 0.3 is 0 Å². The van der Waals surface area contributed by atoms with Crippen molar-refractivity contribution in [1.82, 2.24) is 15.2 Å². The van der Waals surface area contributed by atoms with Crippen molar-refractivity contribution >= 4 is 22.8 Å². The van der Waals surface area contributed by atoms with Crippen molar-refractivity contribution in [2.75, 3.05) is 6.54 Å². The summed E-state index contributed by atoms with van der Waals surface area (Å²) in [5, 5.41) is 5.71. The van der Waals surface area contributed by atoms with E-state index in [4.69, 9.17) is 9.15 Å². The van der Waals surface area contributed by atoms with Gasteiger partial charge < -0.3 is 24.4 Å². The highest BCUT2D eigenvalue weighted by molar-refractivity contribution is 7.10. The molecule has 0 amide bonds. The number of rotatable bonds is 4. The summed E-state index contributed by atoms with van der Waals surface area (Å²) in [6.45, 7) is 0.897. The molecule has 2 aliphatic rings. The van der Waals surface area contributed by atoms with Crippen molar-refractivity contribution in [2.24, 2.45) is 0 Å². The lowest BCUT2D eigenvalue weighted by Gasteiger charge is -2.37. The van der Waals surface area contributed by atoms with Crippen molar-refractivity contribution in [3.63, 3.8) is 0 Å². The van der Waals surface area contributed by atoms with Crippen LogP contribution in [0.25, 0.3) is 11.5 Å². The van der Waals surface area contributed by atoms with Crippen LogP contribution >= 0.6 is 11.3 Å². The van der Waals surface area contributed by atoms with E-state index in [1.807, 2.05) is 36.5 Å². The molecule has 6 heteroatoms. The predicted octanol–water partition coefficient (Wildman–Crippen LogP) is 4.14. The molecule has 1 atom stereocenters. The van der Waals surface area contributed by atoms with E-state index in [0.29, 0.717) is 11.5 Å². The number of aromatic nitrogens is 1. The second-order valence-corrected chi connectivity index (χ2v) is 6.93. The van der Waals surface area contributed by atoms with E-state index >= 15 is 0 Å². The fourth-order valence-corrected chi connectivity index (χ4v) is 4.15. The maximum atomic E-state index is 6.60. The van der Waals surface area contributed by atoms with Gasteiger partial charge in [0.25, 0.3) is 5.85 Å². The smallest absolute Gasteiger partial charge is 0.299 e. The van der Waals surface area contributed by atoms with Crippen LogP contribution in [0, 0.1) is 0 Å². The molecule has 25 heavy (non-hydrogen) atoms. The topological polar surface area (TPSA) is 53.4 Å². The number of hydrogen-bond acceptors (Lipinski definition) is 5. The second-order valence-electron chi connectivity index (χ2n) is 5.98. The summed E-state index contributed by atoms with van der Waals surface area (Å²) in [4.78, 5) is 6.58. The molecule has 5 nitrogen and oxygen atoms in total. The summed E-state index contributed by atoms with van der Waals surface area (Å²) in [6.07, 6.45) is 8.85. The summed E-state index contributed by atoms with van der Waals surface area (Å²) in [5.74, 6) is 0.656. The Morgan fingerprint density at radius 3 is 2.84 bits per heavy atom. The quantitative estimate of drug-likeness (QED) is 0.742. The van der Waals surface area contributed by atoms with Crippen molar-refractivity contribution < 1.29 is 9.15 Å². The van der Waals surface area contributed by atoms with Gasteiger partial charge in [0.15, 0.2) is 11.5 Å². The Hall–Kier alpha value is -2.86. The molecule has 2 N–H and O–H groups in total. The maximum absolute atomic E-state index is 6.60. The minimum absolute atomic E-state index is 0.707. The molecule has 0 fully saturated rings. The fraction of sp³-hybridized carbons (Fsp3) is 0.158. The summed E-state index contributed by atoms with van der Waals surface area (Å²) >= 11 is 1.67. The second kappa shape index (κ2) is 5.60. The Morgan fingerprint density at radius 1 is 1.16 bits per heavy atom. The average molecular weight is 351 g/mol. The van der Waals surface area contributed by atoms with Crippen molar-refractivity contribution in [1.29, 1.82) is 0 Å². The molecule has 5 rings (SSSR count). The number of nitrogens with one attached hydrogen (secondary N) is 2. The standard InChI is InChI=1S/C19H17N3O2S/c1-2-11-22(10-1)19(16-8-5-13-25-16)21-17(14-6-3-9-20-14)18(24-19)15-7-4-12-23-15/h1,3-10,12-13,20-21H,2,11H2. The van der Waals surface area contributed by atoms with Gasteiger partial charge in [-0.15, -0.1) is 11.3 Å². The van der Waals surface area contributed by atoms with E-state index in [0.717, 1.165) is 29.2 Å². The first kappa shape index (κ1) is 14.5. The first-order valence-electron chi connectivity index (χ1n) is 8.23. The molecule has 0 bridgehead atoms. The number of hydrogen-bond donors (Lipinski definition) is 2. The van der Waals surface area contributed by atoms with Gasteiger partial charge in [0.1, 0.15) is 5.70 Å². The summed E-state index contributed by atoms with van der Waals surface area (Å²) in [7, 11) is 0. The number of nitrogens with zero attached hydrogens (tertiary/aromatic N) is 1. The molecule has 0 aliphatic carbocycles. The Kier molecular flexibility index (Phi) is 3.24. The van der Waals surface area contributed by atoms with Crippen LogP contribution in [0.4, 0.5) is 0 Å². The van der Waals surface area contributed by atoms with Gasteiger partial charge in [-0.05, 0) is 42.1 Å². The van der Waals surface area contributed by atoms with Gasteiger partial charge in [-0.2, -0.15) is 0 Å². The van der Waals surface area contributed by atoms with Gasteiger partial charge in [-0.25, -0.2) is 0 Å². The molecule has 126 valence electrons. The van der Waals surface area contributed by atoms with Gasteiger partial charge in [0.2, 0.25) is 0 Å². The molecule has 1 unspecified atom stereocenters. The third-order valence-corrected chi connectivity index (χ3v) is 5.43. The molecule has 2 aliphatic heterocycles. The monoisotopic (exact) mass is 351 g/mol. The van der Waals surface area contributed by atoms with Crippen LogP contribution in [0.5, 0.6) is 0 Å². The van der Waals surface area contributed by atoms with Crippen LogP contribution < -0.4 is 5.32 Å². The lowest BCUT2D eigenvalue weighted by molar-refractivity contribution is -0.0830. The van der Waals surface area contributed by atoms with E-state index in [9.17, 15) is 0 Å². The van der Waals surface area contributed by atoms with Crippen molar-refractivity contribution in [3.8, 4) is 0 Å². The largest absolute Gasteiger partial charge is 0.461 e. The summed E-state index contributed by atoms with van der Waals surface area (Å²) in [6, 6.07) is 11.9. The first-order chi connectivity index (χ1) is 12.4. The van der Waals surface area contributed by atoms with Crippen LogP contribution in [-0.2, 0) is 10.6 Å². The Bertz CT molecular complexity index is 862. The molecular formula is C19H17N3O2S. The van der Waals surface area contributed by atoms with Crippen LogP contribution in [0.1, 0.15) is 22.8 Å². The first-order valence-corrected chi connectivity index (χ1v) is 9.11. The van der Waals surface area contributed by atoms with Gasteiger partial charge in [0.05, 0.1) is 16.8 Å². The number of aromatic amines is 1. The highest BCUT2D eigenvalue weighted by Gasteiger charge is 2.49. The number of H-pyrrole nitrogens is 1. The molecular weight excluding hydrogens is 334 g/mol. The predicted molar refractivity (Wildman–Crippen MR) is 97.0 cm³/mol. The highest BCUT2D eigenvalue weighted by atomic mass is 32.1. The van der Waals surface area contributed by atoms with Gasteiger partial charge in [0, 0.05) is 18.9 Å². The third-order valence-electron chi connectivity index (χ3n) is 4.47. The molecule has 3 aromatic heterocycles. The molecule has 0 saturated heterocycles. The minimum Gasteiger partial charge on any atom is -0.461 e. The number of thiophene rings is 1. The van der Waals surface area contributed by atoms with E-state index < -0.39 is 5.85 Å². The molecule has 0 aromatic carbocycles. The van der Waals surface area contributed by atoms with Crippen LogP contribution in [0.2, 0.25) is 0 Å². The van der Waals surface area contributed by atoms with E-state index in [1.54, 1.807) is 17.6 Å². The Labute approximate surface area is 149 Å². The number of furan rings is 1.